The van der Waals surface area contributed by atoms with Crippen LogP contribution in [0.15, 0.2) is 24.3 Å². The number of hydrogen-bond acceptors (Lipinski definition) is 4. The zero-order valence-corrected chi connectivity index (χ0v) is 15.1. The Labute approximate surface area is 146 Å². The van der Waals surface area contributed by atoms with E-state index in [0.717, 1.165) is 17.1 Å². The number of rotatable bonds is 4. The van der Waals surface area contributed by atoms with E-state index in [2.05, 4.69) is 28.9 Å². The van der Waals surface area contributed by atoms with Crippen molar-refractivity contribution in [3.8, 4) is 0 Å². The van der Waals surface area contributed by atoms with E-state index < -0.39 is 0 Å². The molecule has 1 aromatic carbocycles. The number of halogens is 1. The zero-order chi connectivity index (χ0) is 16.7. The highest BCUT2D eigenvalue weighted by Crippen LogP contribution is 2.44. The van der Waals surface area contributed by atoms with Crippen LogP contribution in [0.4, 0.5) is 4.39 Å². The summed E-state index contributed by atoms with van der Waals surface area (Å²) in [7, 11) is 0. The molecule has 2 aliphatic rings. The Morgan fingerprint density at radius 2 is 1.83 bits per heavy atom. The number of nitrogens with zero attached hydrogens (tertiary/aromatic N) is 3. The third-order valence-corrected chi connectivity index (χ3v) is 6.44. The van der Waals surface area contributed by atoms with Crippen LogP contribution in [0.3, 0.4) is 0 Å². The molecular formula is C19H24FN3S. The molecule has 1 unspecified atom stereocenters. The smallest absolute Gasteiger partial charge is 0.139 e. The molecule has 3 atom stereocenters. The largest absolute Gasteiger partial charge is 0.287 e. The van der Waals surface area contributed by atoms with Crippen molar-refractivity contribution < 1.29 is 4.39 Å². The van der Waals surface area contributed by atoms with E-state index in [9.17, 15) is 4.39 Å². The van der Waals surface area contributed by atoms with Crippen LogP contribution in [-0.4, -0.2) is 27.7 Å². The summed E-state index contributed by atoms with van der Waals surface area (Å²) < 4.78 is 13.4. The molecular weight excluding hydrogens is 321 g/mol. The predicted molar refractivity (Wildman–Crippen MR) is 94.7 cm³/mol. The highest BCUT2D eigenvalue weighted by molar-refractivity contribution is 7.11. The van der Waals surface area contributed by atoms with Crippen LogP contribution in [0.2, 0.25) is 0 Å². The lowest BCUT2D eigenvalue weighted by molar-refractivity contribution is 0.0930. The molecule has 5 heteroatoms. The van der Waals surface area contributed by atoms with Crippen LogP contribution in [0, 0.1) is 11.7 Å². The van der Waals surface area contributed by atoms with Gasteiger partial charge in [-0.05, 0) is 56.2 Å². The van der Waals surface area contributed by atoms with Crippen molar-refractivity contribution in [2.45, 2.75) is 57.5 Å². The molecule has 3 nitrogen and oxygen atoms in total. The van der Waals surface area contributed by atoms with E-state index in [4.69, 9.17) is 0 Å². The molecule has 2 fully saturated rings. The van der Waals surface area contributed by atoms with Crippen molar-refractivity contribution >= 4 is 11.3 Å². The fourth-order valence-electron chi connectivity index (χ4n) is 3.66. The Balaban J connectivity index is 1.71. The third kappa shape index (κ3) is 3.24. The highest BCUT2D eigenvalue weighted by atomic mass is 32.1. The summed E-state index contributed by atoms with van der Waals surface area (Å²) in [5.41, 5.74) is 1.12. The van der Waals surface area contributed by atoms with Crippen molar-refractivity contribution in [1.82, 2.24) is 15.1 Å². The van der Waals surface area contributed by atoms with E-state index >= 15 is 0 Å². The zero-order valence-electron chi connectivity index (χ0n) is 14.3. The second-order valence-electron chi connectivity index (χ2n) is 7.44. The van der Waals surface area contributed by atoms with E-state index in [0.29, 0.717) is 17.9 Å². The van der Waals surface area contributed by atoms with Gasteiger partial charge in [-0.25, -0.2) is 4.39 Å². The molecule has 24 heavy (non-hydrogen) atoms. The second kappa shape index (κ2) is 6.52. The lowest BCUT2D eigenvalue weighted by Gasteiger charge is -2.41. The van der Waals surface area contributed by atoms with E-state index in [1.807, 2.05) is 12.1 Å². The lowest BCUT2D eigenvalue weighted by atomic mass is 9.92. The molecule has 128 valence electrons. The summed E-state index contributed by atoms with van der Waals surface area (Å²) in [6.45, 7) is 5.67. The second-order valence-corrected chi connectivity index (χ2v) is 8.48. The molecule has 0 radical (unpaired) electrons. The maximum atomic E-state index is 13.4. The third-order valence-electron chi connectivity index (χ3n) is 5.30. The van der Waals surface area contributed by atoms with Gasteiger partial charge in [-0.1, -0.05) is 30.4 Å². The highest BCUT2D eigenvalue weighted by Gasteiger charge is 2.35. The van der Waals surface area contributed by atoms with E-state index in [-0.39, 0.29) is 11.9 Å². The van der Waals surface area contributed by atoms with Gasteiger partial charge >= 0.3 is 0 Å². The molecule has 2 heterocycles. The maximum Gasteiger partial charge on any atom is 0.139 e. The maximum absolute atomic E-state index is 13.4. The minimum Gasteiger partial charge on any atom is -0.287 e. The molecule has 0 bridgehead atoms. The Hall–Kier alpha value is -1.33. The fourth-order valence-corrected chi connectivity index (χ4v) is 4.82. The van der Waals surface area contributed by atoms with Gasteiger partial charge in [-0.3, -0.25) is 4.90 Å². The standard InChI is InChI=1S/C19H24FN3S/c1-12-3-4-13(2)23(11-12)17(14-7-9-16(20)10-8-14)19-22-21-18(24-19)15-5-6-15/h7-10,12-13,15,17H,3-6,11H2,1-2H3/t12-,13-,17?/m1/s1. The first-order chi connectivity index (χ1) is 11.6. The summed E-state index contributed by atoms with van der Waals surface area (Å²) >= 11 is 1.75. The molecule has 1 saturated carbocycles. The summed E-state index contributed by atoms with van der Waals surface area (Å²) in [5, 5.41) is 11.2. The van der Waals surface area contributed by atoms with Crippen molar-refractivity contribution in [3.63, 3.8) is 0 Å². The molecule has 1 aromatic heterocycles. The number of hydrogen-bond donors (Lipinski definition) is 0. The van der Waals surface area contributed by atoms with Crippen LogP contribution in [0.5, 0.6) is 0 Å². The number of benzene rings is 1. The summed E-state index contributed by atoms with van der Waals surface area (Å²) in [5.74, 6) is 1.12. The number of aromatic nitrogens is 2. The van der Waals surface area contributed by atoms with Crippen LogP contribution in [-0.2, 0) is 0 Å². The Bertz CT molecular complexity index is 695. The summed E-state index contributed by atoms with van der Waals surface area (Å²) in [4.78, 5) is 2.54. The van der Waals surface area contributed by atoms with Gasteiger partial charge in [0.05, 0.1) is 6.04 Å². The summed E-state index contributed by atoms with van der Waals surface area (Å²) in [6.07, 6.45) is 4.96. The molecule has 1 aliphatic carbocycles. The Morgan fingerprint density at radius 1 is 1.08 bits per heavy atom. The Kier molecular flexibility index (Phi) is 4.39. The van der Waals surface area contributed by atoms with Gasteiger partial charge in [0.25, 0.3) is 0 Å². The number of likely N-dealkylation sites (tertiary alicyclic amines) is 1. The van der Waals surface area contributed by atoms with Crippen molar-refractivity contribution in [2.24, 2.45) is 5.92 Å². The first kappa shape index (κ1) is 16.2. The monoisotopic (exact) mass is 345 g/mol. The molecule has 1 saturated heterocycles. The average Bonchev–Trinajstić information content (AvgIpc) is 3.32. The van der Waals surface area contributed by atoms with Crippen LogP contribution >= 0.6 is 11.3 Å². The molecule has 0 spiro atoms. The van der Waals surface area contributed by atoms with E-state index in [1.54, 1.807) is 23.5 Å². The molecule has 0 amide bonds. The van der Waals surface area contributed by atoms with Crippen molar-refractivity contribution in [2.75, 3.05) is 6.54 Å². The van der Waals surface area contributed by atoms with Gasteiger partial charge in [0.2, 0.25) is 0 Å². The van der Waals surface area contributed by atoms with Gasteiger partial charge in [0.1, 0.15) is 15.8 Å². The van der Waals surface area contributed by atoms with Gasteiger partial charge in [0, 0.05) is 18.5 Å². The first-order valence-corrected chi connectivity index (χ1v) is 9.78. The van der Waals surface area contributed by atoms with Crippen molar-refractivity contribution in [3.05, 3.63) is 45.7 Å². The first-order valence-electron chi connectivity index (χ1n) is 8.96. The van der Waals surface area contributed by atoms with Gasteiger partial charge < -0.3 is 0 Å². The fraction of sp³-hybridized carbons (Fsp3) is 0.579. The topological polar surface area (TPSA) is 29.0 Å². The van der Waals surface area contributed by atoms with Crippen LogP contribution < -0.4 is 0 Å². The van der Waals surface area contributed by atoms with Crippen molar-refractivity contribution in [1.29, 1.82) is 0 Å². The minimum atomic E-state index is -0.187. The Morgan fingerprint density at radius 3 is 2.54 bits per heavy atom. The average molecular weight is 345 g/mol. The van der Waals surface area contributed by atoms with Crippen LogP contribution in [0.1, 0.15) is 67.1 Å². The predicted octanol–water partition coefficient (Wildman–Crippen LogP) is 4.76. The number of piperidine rings is 1. The van der Waals surface area contributed by atoms with Crippen LogP contribution in [0.25, 0.3) is 0 Å². The molecule has 1 aliphatic heterocycles. The molecule has 4 rings (SSSR count). The molecule has 2 aromatic rings. The summed E-state index contributed by atoms with van der Waals surface area (Å²) in [6, 6.07) is 7.53. The molecule has 0 N–H and O–H groups in total. The SMILES string of the molecule is C[C@@H]1CC[C@@H](C)N(C(c2ccc(F)cc2)c2nnc(C3CC3)s2)C1. The van der Waals surface area contributed by atoms with E-state index in [1.165, 1.54) is 30.7 Å². The lowest BCUT2D eigenvalue weighted by Crippen LogP contribution is -2.43. The normalized spacial score (nSPS) is 26.5. The van der Waals surface area contributed by atoms with Gasteiger partial charge in [-0.2, -0.15) is 0 Å². The van der Waals surface area contributed by atoms with Gasteiger partial charge in [-0.15, -0.1) is 10.2 Å². The van der Waals surface area contributed by atoms with Gasteiger partial charge in [0.15, 0.2) is 0 Å². The minimum absolute atomic E-state index is 0.0911. The quantitative estimate of drug-likeness (QED) is 0.800.